The number of benzene rings is 4. The molecule has 0 saturated heterocycles. The zero-order chi connectivity index (χ0) is 24.7. The van der Waals surface area contributed by atoms with Crippen LogP contribution in [-0.2, 0) is 21.2 Å². The van der Waals surface area contributed by atoms with Crippen molar-refractivity contribution in [1.29, 1.82) is 0 Å². The van der Waals surface area contributed by atoms with Crippen molar-refractivity contribution in [1.82, 2.24) is 10.0 Å². The van der Waals surface area contributed by atoms with Gasteiger partial charge in [0, 0.05) is 4.47 Å². The van der Waals surface area contributed by atoms with Gasteiger partial charge in [-0.25, -0.2) is 8.42 Å². The normalized spacial score (nSPS) is 12.3. The van der Waals surface area contributed by atoms with Crippen LogP contribution in [0.1, 0.15) is 22.7 Å². The molecule has 5 nitrogen and oxygen atoms in total. The Balaban J connectivity index is 1.65. The van der Waals surface area contributed by atoms with Crippen LogP contribution in [0.4, 0.5) is 0 Å². The van der Waals surface area contributed by atoms with Gasteiger partial charge < -0.3 is 5.32 Å². The number of halogens is 1. The van der Waals surface area contributed by atoms with Crippen LogP contribution < -0.4 is 10.0 Å². The summed E-state index contributed by atoms with van der Waals surface area (Å²) < 4.78 is 29.7. The summed E-state index contributed by atoms with van der Waals surface area (Å²) in [6.07, 6.45) is 0.207. The summed E-state index contributed by atoms with van der Waals surface area (Å²) >= 11 is 3.32. The number of nitrogens with one attached hydrogen (secondary N) is 2. The number of carbonyl (C=O) groups excluding carboxylic acids is 1. The van der Waals surface area contributed by atoms with Gasteiger partial charge in [-0.05, 0) is 47.4 Å². The standard InChI is InChI=1S/C28H25BrN2O3S/c29-24-16-18-25(19-17-24)35(33,34)31-26(20-21-10-4-1-5-11-21)28(32)30-27(22-12-6-2-7-13-22)23-14-8-3-9-15-23/h1-19,26-27,31H,20H2,(H,30,32)/t26-/m1/s1. The Labute approximate surface area is 214 Å². The maximum absolute atomic E-state index is 13.6. The largest absolute Gasteiger partial charge is 0.344 e. The minimum absolute atomic E-state index is 0.0919. The van der Waals surface area contributed by atoms with E-state index in [-0.39, 0.29) is 11.3 Å². The molecular formula is C28H25BrN2O3S. The van der Waals surface area contributed by atoms with E-state index in [1.807, 2.05) is 91.0 Å². The molecule has 0 unspecified atom stereocenters. The van der Waals surface area contributed by atoms with E-state index in [4.69, 9.17) is 0 Å². The molecule has 0 bridgehead atoms. The molecule has 0 heterocycles. The molecule has 0 saturated carbocycles. The van der Waals surface area contributed by atoms with Crippen molar-refractivity contribution in [3.05, 3.63) is 136 Å². The molecule has 1 amide bonds. The van der Waals surface area contributed by atoms with Gasteiger partial charge in [-0.15, -0.1) is 0 Å². The van der Waals surface area contributed by atoms with Crippen LogP contribution in [0.15, 0.2) is 125 Å². The summed E-state index contributed by atoms with van der Waals surface area (Å²) in [5, 5.41) is 3.08. The molecule has 4 rings (SSSR count). The van der Waals surface area contributed by atoms with Crippen LogP contribution in [0.3, 0.4) is 0 Å². The minimum atomic E-state index is -3.94. The van der Waals surface area contributed by atoms with E-state index in [0.29, 0.717) is 0 Å². The molecule has 4 aromatic rings. The third-order valence-corrected chi connectivity index (χ3v) is 7.59. The Morgan fingerprint density at radius 2 is 1.20 bits per heavy atom. The maximum Gasteiger partial charge on any atom is 0.241 e. The summed E-state index contributed by atoms with van der Waals surface area (Å²) in [4.78, 5) is 13.7. The molecule has 4 aromatic carbocycles. The van der Waals surface area contributed by atoms with Gasteiger partial charge in [0.05, 0.1) is 10.9 Å². The van der Waals surface area contributed by atoms with Gasteiger partial charge in [-0.1, -0.05) is 107 Å². The zero-order valence-corrected chi connectivity index (χ0v) is 21.2. The van der Waals surface area contributed by atoms with E-state index >= 15 is 0 Å². The Hall–Kier alpha value is -3.26. The fourth-order valence-corrected chi connectivity index (χ4v) is 5.26. The minimum Gasteiger partial charge on any atom is -0.344 e. The predicted octanol–water partition coefficient (Wildman–Crippen LogP) is 5.24. The third-order valence-electron chi connectivity index (χ3n) is 5.57. The van der Waals surface area contributed by atoms with Crippen molar-refractivity contribution in [3.63, 3.8) is 0 Å². The lowest BCUT2D eigenvalue weighted by Crippen LogP contribution is -2.49. The van der Waals surface area contributed by atoms with Gasteiger partial charge in [0.2, 0.25) is 15.9 Å². The fourth-order valence-electron chi connectivity index (χ4n) is 3.80. The molecule has 0 spiro atoms. The van der Waals surface area contributed by atoms with Gasteiger partial charge in [-0.3, -0.25) is 4.79 Å². The maximum atomic E-state index is 13.6. The highest BCUT2D eigenvalue weighted by molar-refractivity contribution is 9.10. The highest BCUT2D eigenvalue weighted by Crippen LogP contribution is 2.22. The first kappa shape index (κ1) is 24.9. The monoisotopic (exact) mass is 548 g/mol. The average molecular weight is 549 g/mol. The second kappa shape index (κ2) is 11.4. The van der Waals surface area contributed by atoms with Crippen LogP contribution in [-0.4, -0.2) is 20.4 Å². The summed E-state index contributed by atoms with van der Waals surface area (Å²) in [6, 6.07) is 33.5. The van der Waals surface area contributed by atoms with Crippen LogP contribution >= 0.6 is 15.9 Å². The van der Waals surface area contributed by atoms with E-state index in [1.54, 1.807) is 12.1 Å². The predicted molar refractivity (Wildman–Crippen MR) is 141 cm³/mol. The molecule has 0 radical (unpaired) electrons. The lowest BCUT2D eigenvalue weighted by atomic mass is 9.97. The first-order valence-electron chi connectivity index (χ1n) is 11.1. The zero-order valence-electron chi connectivity index (χ0n) is 18.8. The highest BCUT2D eigenvalue weighted by Gasteiger charge is 2.28. The smallest absolute Gasteiger partial charge is 0.241 e. The van der Waals surface area contributed by atoms with Crippen molar-refractivity contribution in [3.8, 4) is 0 Å². The molecule has 1 atom stereocenters. The summed E-state index contributed by atoms with van der Waals surface area (Å²) in [5.74, 6) is -0.410. The Kier molecular flexibility index (Phi) is 8.13. The van der Waals surface area contributed by atoms with Crippen molar-refractivity contribution < 1.29 is 13.2 Å². The molecular weight excluding hydrogens is 524 g/mol. The molecule has 0 aliphatic rings. The molecule has 0 aromatic heterocycles. The van der Waals surface area contributed by atoms with Crippen LogP contribution in [0, 0.1) is 0 Å². The van der Waals surface area contributed by atoms with Crippen molar-refractivity contribution in [2.75, 3.05) is 0 Å². The molecule has 2 N–H and O–H groups in total. The summed E-state index contributed by atoms with van der Waals surface area (Å²) in [6.45, 7) is 0. The van der Waals surface area contributed by atoms with Gasteiger partial charge in [0.15, 0.2) is 0 Å². The van der Waals surface area contributed by atoms with Crippen molar-refractivity contribution >= 4 is 31.9 Å². The van der Waals surface area contributed by atoms with Crippen molar-refractivity contribution in [2.45, 2.75) is 23.4 Å². The summed E-state index contributed by atoms with van der Waals surface area (Å²) in [7, 11) is -3.94. The Morgan fingerprint density at radius 3 is 1.71 bits per heavy atom. The number of hydrogen-bond donors (Lipinski definition) is 2. The quantitative estimate of drug-likeness (QED) is 0.300. The first-order valence-corrected chi connectivity index (χ1v) is 13.4. The van der Waals surface area contributed by atoms with Gasteiger partial charge in [0.25, 0.3) is 0 Å². The second-order valence-electron chi connectivity index (χ2n) is 8.08. The number of hydrogen-bond acceptors (Lipinski definition) is 3. The van der Waals surface area contributed by atoms with Gasteiger partial charge in [-0.2, -0.15) is 4.72 Å². The molecule has 0 fully saturated rings. The molecule has 35 heavy (non-hydrogen) atoms. The van der Waals surface area contributed by atoms with E-state index in [2.05, 4.69) is 26.0 Å². The van der Waals surface area contributed by atoms with E-state index in [0.717, 1.165) is 21.2 Å². The SMILES string of the molecule is O=C(NC(c1ccccc1)c1ccccc1)[C@@H](Cc1ccccc1)NS(=O)(=O)c1ccc(Br)cc1. The van der Waals surface area contributed by atoms with E-state index < -0.39 is 28.0 Å². The lowest BCUT2D eigenvalue weighted by molar-refractivity contribution is -0.123. The lowest BCUT2D eigenvalue weighted by Gasteiger charge is -2.24. The van der Waals surface area contributed by atoms with Gasteiger partial charge >= 0.3 is 0 Å². The topological polar surface area (TPSA) is 75.3 Å². The number of amides is 1. The molecule has 178 valence electrons. The number of carbonyl (C=O) groups is 1. The molecule has 7 heteroatoms. The average Bonchev–Trinajstić information content (AvgIpc) is 2.88. The molecule has 0 aliphatic carbocycles. The van der Waals surface area contributed by atoms with Crippen LogP contribution in [0.5, 0.6) is 0 Å². The fraction of sp³-hybridized carbons (Fsp3) is 0.107. The van der Waals surface area contributed by atoms with Crippen molar-refractivity contribution in [2.24, 2.45) is 0 Å². The van der Waals surface area contributed by atoms with E-state index in [9.17, 15) is 13.2 Å². The molecule has 0 aliphatic heterocycles. The Bertz CT molecular complexity index is 1310. The highest BCUT2D eigenvalue weighted by atomic mass is 79.9. The number of sulfonamides is 1. The third kappa shape index (κ3) is 6.66. The second-order valence-corrected chi connectivity index (χ2v) is 10.7. The van der Waals surface area contributed by atoms with Crippen LogP contribution in [0.25, 0.3) is 0 Å². The first-order chi connectivity index (χ1) is 16.9. The summed E-state index contributed by atoms with van der Waals surface area (Å²) in [5.41, 5.74) is 2.66. The van der Waals surface area contributed by atoms with Crippen LogP contribution in [0.2, 0.25) is 0 Å². The van der Waals surface area contributed by atoms with E-state index in [1.165, 1.54) is 12.1 Å². The van der Waals surface area contributed by atoms with Gasteiger partial charge in [0.1, 0.15) is 6.04 Å². The number of rotatable bonds is 9. The Morgan fingerprint density at radius 1 is 0.714 bits per heavy atom.